The molecule has 120 valence electrons. The highest BCUT2D eigenvalue weighted by Crippen LogP contribution is 2.26. The van der Waals surface area contributed by atoms with Gasteiger partial charge in [0.15, 0.2) is 5.82 Å². The molecule has 0 radical (unpaired) electrons. The van der Waals surface area contributed by atoms with Crippen LogP contribution in [0.15, 0.2) is 28.8 Å². The second kappa shape index (κ2) is 5.77. The fraction of sp³-hybridized carbons (Fsp3) is 0.471. The number of likely N-dealkylation sites (tertiary alicyclic amines) is 1. The van der Waals surface area contributed by atoms with E-state index in [1.165, 1.54) is 5.52 Å². The van der Waals surface area contributed by atoms with Crippen molar-refractivity contribution in [2.75, 3.05) is 19.6 Å². The minimum absolute atomic E-state index is 0.372. The number of nitrogens with zero attached hydrogens (tertiary/aromatic N) is 5. The number of imidazole rings is 1. The number of hydrogen-bond acceptors (Lipinski definition) is 5. The lowest BCUT2D eigenvalue weighted by Gasteiger charge is -2.14. The summed E-state index contributed by atoms with van der Waals surface area (Å²) >= 11 is 0. The quantitative estimate of drug-likeness (QED) is 0.740. The normalized spacial score (nSPS) is 19.0. The largest absolute Gasteiger partial charge is 0.339 e. The predicted octanol–water partition coefficient (Wildman–Crippen LogP) is 2.30. The summed E-state index contributed by atoms with van der Waals surface area (Å²) in [6.07, 6.45) is 2.05. The highest BCUT2D eigenvalue weighted by Gasteiger charge is 2.28. The molecule has 23 heavy (non-hydrogen) atoms. The summed E-state index contributed by atoms with van der Waals surface area (Å²) in [6, 6.07) is 8.29. The van der Waals surface area contributed by atoms with Gasteiger partial charge in [0.05, 0.1) is 17.0 Å². The zero-order valence-electron chi connectivity index (χ0n) is 13.6. The third-order valence-corrected chi connectivity index (χ3v) is 4.70. The Morgan fingerprint density at radius 3 is 2.91 bits per heavy atom. The Balaban J connectivity index is 1.40. The van der Waals surface area contributed by atoms with Crippen molar-refractivity contribution >= 4 is 11.0 Å². The maximum absolute atomic E-state index is 5.31. The third-order valence-electron chi connectivity index (χ3n) is 4.70. The Morgan fingerprint density at radius 2 is 2.13 bits per heavy atom. The van der Waals surface area contributed by atoms with Gasteiger partial charge in [-0.2, -0.15) is 4.98 Å². The van der Waals surface area contributed by atoms with Crippen molar-refractivity contribution in [3.63, 3.8) is 0 Å². The first-order valence-corrected chi connectivity index (χ1v) is 8.13. The summed E-state index contributed by atoms with van der Waals surface area (Å²) < 4.78 is 7.51. The van der Waals surface area contributed by atoms with Crippen LogP contribution in [0.25, 0.3) is 11.0 Å². The molecule has 1 fully saturated rings. The minimum atomic E-state index is 0.372. The van der Waals surface area contributed by atoms with E-state index < -0.39 is 0 Å². The van der Waals surface area contributed by atoms with Crippen LogP contribution in [0.1, 0.15) is 29.9 Å². The van der Waals surface area contributed by atoms with Crippen molar-refractivity contribution in [1.29, 1.82) is 0 Å². The molecule has 0 N–H and O–H groups in total. The number of para-hydroxylation sites is 2. The van der Waals surface area contributed by atoms with Gasteiger partial charge < -0.3 is 14.0 Å². The van der Waals surface area contributed by atoms with Crippen molar-refractivity contribution in [1.82, 2.24) is 24.6 Å². The van der Waals surface area contributed by atoms with E-state index >= 15 is 0 Å². The van der Waals surface area contributed by atoms with Gasteiger partial charge in [0.2, 0.25) is 5.89 Å². The fourth-order valence-electron chi connectivity index (χ4n) is 3.39. The number of aryl methyl sites for hydroxylation is 2. The fourth-order valence-corrected chi connectivity index (χ4v) is 3.39. The molecule has 1 aromatic carbocycles. The molecule has 4 rings (SSSR count). The Bertz CT molecular complexity index is 821. The molecular formula is C17H21N5O. The summed E-state index contributed by atoms with van der Waals surface area (Å²) in [6.45, 7) is 4.95. The Hall–Kier alpha value is -2.21. The molecule has 2 aromatic heterocycles. The van der Waals surface area contributed by atoms with Crippen LogP contribution in [-0.2, 0) is 13.5 Å². The molecule has 1 atom stereocenters. The summed E-state index contributed by atoms with van der Waals surface area (Å²) in [7, 11) is 2.10. The van der Waals surface area contributed by atoms with Crippen LogP contribution in [0, 0.1) is 6.92 Å². The predicted molar refractivity (Wildman–Crippen MR) is 87.3 cm³/mol. The first kappa shape index (κ1) is 14.4. The van der Waals surface area contributed by atoms with E-state index in [9.17, 15) is 0 Å². The molecule has 0 bridgehead atoms. The van der Waals surface area contributed by atoms with Crippen LogP contribution in [0.5, 0.6) is 0 Å². The highest BCUT2D eigenvalue weighted by molar-refractivity contribution is 5.75. The number of fused-ring (bicyclic) bond motifs is 1. The molecule has 3 aromatic rings. The van der Waals surface area contributed by atoms with Crippen LogP contribution in [0.4, 0.5) is 0 Å². The molecule has 0 spiro atoms. The molecular weight excluding hydrogens is 290 g/mol. The van der Waals surface area contributed by atoms with Gasteiger partial charge >= 0.3 is 0 Å². The average molecular weight is 311 g/mol. The van der Waals surface area contributed by atoms with Crippen LogP contribution in [0.3, 0.4) is 0 Å². The summed E-state index contributed by atoms with van der Waals surface area (Å²) in [5.74, 6) is 3.02. The third kappa shape index (κ3) is 2.74. The highest BCUT2D eigenvalue weighted by atomic mass is 16.5. The second-order valence-corrected chi connectivity index (χ2v) is 6.29. The lowest BCUT2D eigenvalue weighted by Crippen LogP contribution is -2.24. The molecule has 6 nitrogen and oxygen atoms in total. The molecule has 6 heteroatoms. The van der Waals surface area contributed by atoms with Gasteiger partial charge in [-0.15, -0.1) is 0 Å². The first-order chi connectivity index (χ1) is 11.2. The van der Waals surface area contributed by atoms with Crippen molar-refractivity contribution in [2.45, 2.75) is 25.7 Å². The SMILES string of the molecule is Cc1noc(C2CCN(CCc3nc4ccccc4n3C)C2)n1. The molecule has 1 saturated heterocycles. The molecule has 1 unspecified atom stereocenters. The van der Waals surface area contributed by atoms with Gasteiger partial charge in [-0.1, -0.05) is 17.3 Å². The Morgan fingerprint density at radius 1 is 1.26 bits per heavy atom. The summed E-state index contributed by atoms with van der Waals surface area (Å²) in [5.41, 5.74) is 2.27. The van der Waals surface area contributed by atoms with Gasteiger partial charge in [0, 0.05) is 26.6 Å². The van der Waals surface area contributed by atoms with E-state index in [0.717, 1.165) is 55.5 Å². The second-order valence-electron chi connectivity index (χ2n) is 6.29. The topological polar surface area (TPSA) is 60.0 Å². The van der Waals surface area contributed by atoms with E-state index in [1.54, 1.807) is 0 Å². The van der Waals surface area contributed by atoms with Crippen LogP contribution in [0.2, 0.25) is 0 Å². The van der Waals surface area contributed by atoms with E-state index in [4.69, 9.17) is 9.51 Å². The lowest BCUT2D eigenvalue weighted by atomic mass is 10.1. The van der Waals surface area contributed by atoms with Gasteiger partial charge in [0.25, 0.3) is 0 Å². The standard InChI is InChI=1S/C17H21N5O/c1-12-18-17(23-20-12)13-7-9-22(11-13)10-8-16-19-14-5-3-4-6-15(14)21(16)2/h3-6,13H,7-11H2,1-2H3. The molecule has 0 saturated carbocycles. The summed E-state index contributed by atoms with van der Waals surface area (Å²) in [5, 5.41) is 3.90. The van der Waals surface area contributed by atoms with Crippen LogP contribution < -0.4 is 0 Å². The maximum Gasteiger partial charge on any atom is 0.231 e. The van der Waals surface area contributed by atoms with E-state index in [0.29, 0.717) is 5.92 Å². The van der Waals surface area contributed by atoms with Crippen molar-refractivity contribution in [3.8, 4) is 0 Å². The smallest absolute Gasteiger partial charge is 0.231 e. The molecule has 0 aliphatic carbocycles. The van der Waals surface area contributed by atoms with Crippen molar-refractivity contribution in [3.05, 3.63) is 41.8 Å². The number of rotatable bonds is 4. The zero-order chi connectivity index (χ0) is 15.8. The molecule has 3 heterocycles. The lowest BCUT2D eigenvalue weighted by molar-refractivity contribution is 0.315. The Labute approximate surface area is 135 Å². The maximum atomic E-state index is 5.31. The number of hydrogen-bond donors (Lipinski definition) is 0. The van der Waals surface area contributed by atoms with Gasteiger partial charge in [-0.05, 0) is 32.0 Å². The van der Waals surface area contributed by atoms with Gasteiger partial charge in [-0.3, -0.25) is 0 Å². The molecule has 1 aliphatic heterocycles. The van der Waals surface area contributed by atoms with E-state index in [-0.39, 0.29) is 0 Å². The molecule has 0 amide bonds. The number of benzene rings is 1. The Kier molecular flexibility index (Phi) is 3.61. The van der Waals surface area contributed by atoms with Gasteiger partial charge in [0.1, 0.15) is 5.82 Å². The monoisotopic (exact) mass is 311 g/mol. The number of aromatic nitrogens is 4. The molecule has 1 aliphatic rings. The van der Waals surface area contributed by atoms with Crippen LogP contribution in [-0.4, -0.2) is 44.2 Å². The summed E-state index contributed by atoms with van der Waals surface area (Å²) in [4.78, 5) is 11.6. The minimum Gasteiger partial charge on any atom is -0.339 e. The van der Waals surface area contributed by atoms with Crippen molar-refractivity contribution < 1.29 is 4.52 Å². The van der Waals surface area contributed by atoms with Crippen molar-refractivity contribution in [2.24, 2.45) is 7.05 Å². The zero-order valence-corrected chi connectivity index (χ0v) is 13.6. The van der Waals surface area contributed by atoms with Crippen LogP contribution >= 0.6 is 0 Å². The van der Waals surface area contributed by atoms with Gasteiger partial charge in [-0.25, -0.2) is 4.98 Å². The van der Waals surface area contributed by atoms with E-state index in [2.05, 4.69) is 44.9 Å². The first-order valence-electron chi connectivity index (χ1n) is 8.13. The van der Waals surface area contributed by atoms with E-state index in [1.807, 2.05) is 13.0 Å². The average Bonchev–Trinajstić information content (AvgIpc) is 3.25.